The van der Waals surface area contributed by atoms with Gasteiger partial charge in [0.25, 0.3) is 0 Å². The summed E-state index contributed by atoms with van der Waals surface area (Å²) in [6.07, 6.45) is 1.70. The standard InChI is InChI=1S/C24H40O4Si/c1-7-29(8-2,9-3)28-22-20(18-27-17-19-13-11-10-12-14-19)15-24(4,5)16-21(22)23(25)26-6/h10-14,20-22H,7-9,15-18H2,1-6H3/t20-,21-,22+/m1/s1. The van der Waals surface area contributed by atoms with Gasteiger partial charge in [-0.3, -0.25) is 4.79 Å². The fourth-order valence-electron chi connectivity index (χ4n) is 4.84. The van der Waals surface area contributed by atoms with Crippen molar-refractivity contribution in [2.24, 2.45) is 17.3 Å². The van der Waals surface area contributed by atoms with Gasteiger partial charge < -0.3 is 13.9 Å². The first-order valence-electron chi connectivity index (χ1n) is 11.2. The summed E-state index contributed by atoms with van der Waals surface area (Å²) < 4.78 is 18.3. The molecule has 0 aliphatic heterocycles. The van der Waals surface area contributed by atoms with Crippen molar-refractivity contribution in [1.29, 1.82) is 0 Å². The molecule has 0 unspecified atom stereocenters. The van der Waals surface area contributed by atoms with Crippen LogP contribution in [0.25, 0.3) is 0 Å². The van der Waals surface area contributed by atoms with Crippen molar-refractivity contribution in [2.75, 3.05) is 13.7 Å². The van der Waals surface area contributed by atoms with E-state index in [1.165, 1.54) is 12.7 Å². The van der Waals surface area contributed by atoms with Gasteiger partial charge in [0.2, 0.25) is 0 Å². The molecular formula is C24H40O4Si. The summed E-state index contributed by atoms with van der Waals surface area (Å²) >= 11 is 0. The van der Waals surface area contributed by atoms with Gasteiger partial charge in [0, 0.05) is 5.92 Å². The van der Waals surface area contributed by atoms with Crippen LogP contribution in [0.15, 0.2) is 30.3 Å². The third-order valence-corrected chi connectivity index (χ3v) is 11.4. The first-order chi connectivity index (χ1) is 13.8. The number of hydrogen-bond acceptors (Lipinski definition) is 4. The molecule has 0 aromatic heterocycles. The Morgan fingerprint density at radius 1 is 1.07 bits per heavy atom. The van der Waals surface area contributed by atoms with Gasteiger partial charge in [0.1, 0.15) is 0 Å². The molecule has 1 fully saturated rings. The molecule has 0 amide bonds. The lowest BCUT2D eigenvalue weighted by molar-refractivity contribution is -0.157. The smallest absolute Gasteiger partial charge is 0.311 e. The Morgan fingerprint density at radius 3 is 2.24 bits per heavy atom. The highest BCUT2D eigenvalue weighted by Gasteiger charge is 2.48. The Kier molecular flexibility index (Phi) is 8.92. The van der Waals surface area contributed by atoms with Crippen LogP contribution < -0.4 is 0 Å². The molecule has 164 valence electrons. The van der Waals surface area contributed by atoms with Crippen LogP contribution in [0.1, 0.15) is 53.0 Å². The second-order valence-electron chi connectivity index (χ2n) is 9.29. The molecule has 29 heavy (non-hydrogen) atoms. The fourth-order valence-corrected chi connectivity index (χ4v) is 7.78. The molecule has 1 aliphatic carbocycles. The first kappa shape index (κ1) is 24.1. The highest BCUT2D eigenvalue weighted by molar-refractivity contribution is 6.73. The monoisotopic (exact) mass is 420 g/mol. The minimum absolute atomic E-state index is 0.0638. The zero-order valence-electron chi connectivity index (χ0n) is 19.2. The van der Waals surface area contributed by atoms with E-state index in [4.69, 9.17) is 13.9 Å². The second kappa shape index (κ2) is 10.7. The van der Waals surface area contributed by atoms with Gasteiger partial charge in [-0.1, -0.05) is 65.0 Å². The average molecular weight is 421 g/mol. The van der Waals surface area contributed by atoms with Crippen molar-refractivity contribution < 1.29 is 18.7 Å². The van der Waals surface area contributed by atoms with Crippen LogP contribution in [0, 0.1) is 17.3 Å². The largest absolute Gasteiger partial charge is 0.469 e. The average Bonchev–Trinajstić information content (AvgIpc) is 2.73. The Bertz CT molecular complexity index is 619. The van der Waals surface area contributed by atoms with Gasteiger partial charge in [-0.25, -0.2) is 0 Å². The number of benzene rings is 1. The topological polar surface area (TPSA) is 44.8 Å². The maximum Gasteiger partial charge on any atom is 0.311 e. The van der Waals surface area contributed by atoms with Crippen molar-refractivity contribution >= 4 is 14.3 Å². The van der Waals surface area contributed by atoms with E-state index in [2.05, 4.69) is 46.8 Å². The van der Waals surface area contributed by atoms with Crippen LogP contribution in [0.3, 0.4) is 0 Å². The Balaban J connectivity index is 2.22. The van der Waals surface area contributed by atoms with E-state index in [1.807, 2.05) is 18.2 Å². The van der Waals surface area contributed by atoms with Crippen molar-refractivity contribution in [2.45, 2.75) is 78.3 Å². The fraction of sp³-hybridized carbons (Fsp3) is 0.708. The lowest BCUT2D eigenvalue weighted by Crippen LogP contribution is -2.53. The number of methoxy groups -OCH3 is 1. The van der Waals surface area contributed by atoms with E-state index in [-0.39, 0.29) is 29.3 Å². The van der Waals surface area contributed by atoms with E-state index in [0.717, 1.165) is 31.0 Å². The molecule has 0 N–H and O–H groups in total. The molecule has 5 heteroatoms. The normalized spacial score (nSPS) is 24.3. The number of esters is 1. The van der Waals surface area contributed by atoms with Gasteiger partial charge in [-0.2, -0.15) is 0 Å². The van der Waals surface area contributed by atoms with Crippen LogP contribution in [-0.4, -0.2) is 34.1 Å². The molecule has 2 rings (SSSR count). The quantitative estimate of drug-likeness (QED) is 0.353. The summed E-state index contributed by atoms with van der Waals surface area (Å²) in [5, 5.41) is 0. The predicted octanol–water partition coefficient (Wildman–Crippen LogP) is 5.82. The predicted molar refractivity (Wildman–Crippen MR) is 120 cm³/mol. The molecule has 0 spiro atoms. The zero-order chi connectivity index (χ0) is 21.5. The van der Waals surface area contributed by atoms with Gasteiger partial charge in [0.05, 0.1) is 32.3 Å². The lowest BCUT2D eigenvalue weighted by atomic mass is 9.66. The minimum atomic E-state index is -1.86. The van der Waals surface area contributed by atoms with Crippen LogP contribution in [0.5, 0.6) is 0 Å². The minimum Gasteiger partial charge on any atom is -0.469 e. The van der Waals surface area contributed by atoms with Gasteiger partial charge >= 0.3 is 5.97 Å². The Hall–Kier alpha value is -1.17. The number of hydrogen-bond donors (Lipinski definition) is 0. The third-order valence-electron chi connectivity index (χ3n) is 6.71. The summed E-state index contributed by atoms with van der Waals surface area (Å²) in [5.74, 6) is -0.157. The second-order valence-corrected chi connectivity index (χ2v) is 14.0. The number of ether oxygens (including phenoxy) is 2. The van der Waals surface area contributed by atoms with Crippen molar-refractivity contribution in [1.82, 2.24) is 0 Å². The van der Waals surface area contributed by atoms with E-state index in [1.54, 1.807) is 0 Å². The van der Waals surface area contributed by atoms with Crippen molar-refractivity contribution in [3.8, 4) is 0 Å². The van der Waals surface area contributed by atoms with E-state index < -0.39 is 8.32 Å². The highest BCUT2D eigenvalue weighted by atomic mass is 28.4. The number of carbonyl (C=O) groups excluding carboxylic acids is 1. The molecule has 3 atom stereocenters. The molecule has 0 heterocycles. The van der Waals surface area contributed by atoms with Crippen LogP contribution in [0.4, 0.5) is 0 Å². The molecule has 1 saturated carbocycles. The summed E-state index contributed by atoms with van der Waals surface area (Å²) in [6, 6.07) is 13.5. The van der Waals surface area contributed by atoms with Crippen molar-refractivity contribution in [3.63, 3.8) is 0 Å². The SMILES string of the molecule is CC[Si](CC)(CC)O[C@H]1[C@@H](COCc2ccccc2)CC(C)(C)C[C@H]1C(=O)OC. The van der Waals surface area contributed by atoms with Crippen LogP contribution in [0.2, 0.25) is 18.1 Å². The maximum atomic E-state index is 12.7. The molecule has 1 aromatic rings. The molecule has 0 radical (unpaired) electrons. The summed E-state index contributed by atoms with van der Waals surface area (Å²) in [7, 11) is -0.368. The van der Waals surface area contributed by atoms with E-state index >= 15 is 0 Å². The highest BCUT2D eigenvalue weighted by Crippen LogP contribution is 2.45. The van der Waals surface area contributed by atoms with Gasteiger partial charge in [0.15, 0.2) is 8.32 Å². The van der Waals surface area contributed by atoms with Crippen molar-refractivity contribution in [3.05, 3.63) is 35.9 Å². The summed E-state index contributed by atoms with van der Waals surface area (Å²) in [5.41, 5.74) is 1.23. The molecule has 1 aliphatic rings. The third kappa shape index (κ3) is 6.40. The molecular weight excluding hydrogens is 380 g/mol. The lowest BCUT2D eigenvalue weighted by Gasteiger charge is -2.47. The van der Waals surface area contributed by atoms with E-state index in [9.17, 15) is 4.79 Å². The molecule has 1 aromatic carbocycles. The summed E-state index contributed by atoms with van der Waals surface area (Å²) in [6.45, 7) is 12.4. The zero-order valence-corrected chi connectivity index (χ0v) is 20.2. The Labute approximate surface area is 178 Å². The maximum absolute atomic E-state index is 12.7. The molecule has 0 saturated heterocycles. The van der Waals surface area contributed by atoms with Gasteiger partial charge in [-0.15, -0.1) is 0 Å². The number of rotatable bonds is 10. The summed E-state index contributed by atoms with van der Waals surface area (Å²) in [4.78, 5) is 12.7. The van der Waals surface area contributed by atoms with Crippen LogP contribution in [-0.2, 0) is 25.3 Å². The first-order valence-corrected chi connectivity index (χ1v) is 13.7. The Morgan fingerprint density at radius 2 is 1.69 bits per heavy atom. The van der Waals surface area contributed by atoms with Gasteiger partial charge in [-0.05, 0) is 42.0 Å². The number of carbonyl (C=O) groups is 1. The molecule has 4 nitrogen and oxygen atoms in total. The van der Waals surface area contributed by atoms with E-state index in [0.29, 0.717) is 13.2 Å². The molecule has 0 bridgehead atoms. The van der Waals surface area contributed by atoms with Crippen LogP contribution >= 0.6 is 0 Å².